The Bertz CT molecular complexity index is 788. The summed E-state index contributed by atoms with van der Waals surface area (Å²) in [6.45, 7) is 0.627. The van der Waals surface area contributed by atoms with Gasteiger partial charge in [0, 0.05) is 30.1 Å². The number of thiazole rings is 2. The molecule has 0 amide bonds. The van der Waals surface area contributed by atoms with Crippen LogP contribution < -0.4 is 4.90 Å². The minimum absolute atomic E-state index is 0.627. The van der Waals surface area contributed by atoms with E-state index in [0.29, 0.717) is 6.54 Å². The summed E-state index contributed by atoms with van der Waals surface area (Å²) in [6, 6.07) is 0. The average molecular weight is 320 g/mol. The van der Waals surface area contributed by atoms with Crippen LogP contribution in [0.3, 0.4) is 0 Å². The Morgan fingerprint density at radius 2 is 2.43 bits per heavy atom. The van der Waals surface area contributed by atoms with Crippen LogP contribution in [-0.2, 0) is 11.3 Å². The van der Waals surface area contributed by atoms with Gasteiger partial charge in [-0.2, -0.15) is 0 Å². The lowest BCUT2D eigenvalue weighted by molar-refractivity contribution is -0.131. The molecule has 3 heterocycles. The molecule has 8 heteroatoms. The van der Waals surface area contributed by atoms with Crippen molar-refractivity contribution in [3.63, 3.8) is 0 Å². The highest BCUT2D eigenvalue weighted by Gasteiger charge is 2.15. The second-order valence-electron chi connectivity index (χ2n) is 4.38. The van der Waals surface area contributed by atoms with E-state index in [0.717, 1.165) is 28.2 Å². The normalized spacial score (nSPS) is 11.5. The average Bonchev–Trinajstić information content (AvgIpc) is 3.12. The maximum Gasteiger partial charge on any atom is 0.328 e. The Kier molecular flexibility index (Phi) is 3.72. The van der Waals surface area contributed by atoms with Gasteiger partial charge in [-0.1, -0.05) is 0 Å². The maximum atomic E-state index is 10.8. The smallest absolute Gasteiger partial charge is 0.328 e. The molecule has 0 saturated heterocycles. The summed E-state index contributed by atoms with van der Waals surface area (Å²) in [6.07, 6.45) is 4.58. The molecule has 0 aliphatic heterocycles. The van der Waals surface area contributed by atoms with Crippen molar-refractivity contribution in [3.8, 4) is 0 Å². The highest BCUT2D eigenvalue weighted by Crippen LogP contribution is 2.26. The summed E-state index contributed by atoms with van der Waals surface area (Å²) in [5, 5.41) is 12.7. The molecular weight excluding hydrogens is 308 g/mol. The molecular formula is C13H12N4O2S2. The van der Waals surface area contributed by atoms with Crippen molar-refractivity contribution >= 4 is 45.5 Å². The second-order valence-corrected chi connectivity index (χ2v) is 5.98. The molecule has 0 aromatic carbocycles. The van der Waals surface area contributed by atoms with Crippen molar-refractivity contribution in [2.75, 3.05) is 11.9 Å². The van der Waals surface area contributed by atoms with Gasteiger partial charge in [0.1, 0.15) is 0 Å². The third-order valence-corrected chi connectivity index (χ3v) is 4.30. The van der Waals surface area contributed by atoms with E-state index in [4.69, 9.17) is 5.11 Å². The SMILES string of the molecule is CN(Cc1cscn1)c1nc2sccn2c1C=CC(=O)O. The zero-order valence-electron chi connectivity index (χ0n) is 11.1. The van der Waals surface area contributed by atoms with Gasteiger partial charge in [0.25, 0.3) is 0 Å². The lowest BCUT2D eigenvalue weighted by Gasteiger charge is -2.16. The summed E-state index contributed by atoms with van der Waals surface area (Å²) in [4.78, 5) is 22.4. The first-order valence-corrected chi connectivity index (χ1v) is 7.92. The van der Waals surface area contributed by atoms with Crippen molar-refractivity contribution in [3.05, 3.63) is 39.9 Å². The van der Waals surface area contributed by atoms with Crippen molar-refractivity contribution in [2.24, 2.45) is 0 Å². The highest BCUT2D eigenvalue weighted by molar-refractivity contribution is 7.15. The fraction of sp³-hybridized carbons (Fsp3) is 0.154. The number of fused-ring (bicyclic) bond motifs is 1. The van der Waals surface area contributed by atoms with E-state index in [1.807, 2.05) is 33.3 Å². The molecule has 0 aliphatic rings. The summed E-state index contributed by atoms with van der Waals surface area (Å²) >= 11 is 3.06. The Labute approximate surface area is 128 Å². The number of nitrogens with zero attached hydrogens (tertiary/aromatic N) is 4. The third kappa shape index (κ3) is 2.81. The fourth-order valence-corrected chi connectivity index (χ4v) is 3.28. The van der Waals surface area contributed by atoms with Crippen LogP contribution >= 0.6 is 22.7 Å². The zero-order chi connectivity index (χ0) is 14.8. The van der Waals surface area contributed by atoms with Gasteiger partial charge >= 0.3 is 5.97 Å². The lowest BCUT2D eigenvalue weighted by atomic mass is 10.3. The predicted octanol–water partition coefficient (Wildman–Crippen LogP) is 2.59. The summed E-state index contributed by atoms with van der Waals surface area (Å²) < 4.78 is 1.89. The molecule has 6 nitrogen and oxygen atoms in total. The molecule has 0 bridgehead atoms. The van der Waals surface area contributed by atoms with Crippen LogP contribution in [-0.4, -0.2) is 32.5 Å². The zero-order valence-corrected chi connectivity index (χ0v) is 12.8. The van der Waals surface area contributed by atoms with Crippen LogP contribution in [0.2, 0.25) is 0 Å². The predicted molar refractivity (Wildman–Crippen MR) is 84.0 cm³/mol. The van der Waals surface area contributed by atoms with E-state index >= 15 is 0 Å². The number of carboxylic acid groups (broad SMARTS) is 1. The number of hydrogen-bond acceptors (Lipinski definition) is 6. The van der Waals surface area contributed by atoms with E-state index in [-0.39, 0.29) is 0 Å². The van der Waals surface area contributed by atoms with Gasteiger partial charge < -0.3 is 10.0 Å². The van der Waals surface area contributed by atoms with Gasteiger partial charge in [0.15, 0.2) is 10.8 Å². The van der Waals surface area contributed by atoms with Crippen LogP contribution in [0.25, 0.3) is 11.0 Å². The van der Waals surface area contributed by atoms with Crippen LogP contribution in [0.1, 0.15) is 11.4 Å². The highest BCUT2D eigenvalue weighted by atomic mass is 32.1. The minimum Gasteiger partial charge on any atom is -0.478 e. The number of imidazole rings is 1. The standard InChI is InChI=1S/C13H12N4O2S2/c1-16(6-9-7-20-8-14-9)12-10(2-3-11(18)19)17-4-5-21-13(17)15-12/h2-5,7-8H,6H2,1H3,(H,18,19). The molecule has 3 aromatic rings. The molecule has 0 fully saturated rings. The maximum absolute atomic E-state index is 10.8. The second kappa shape index (κ2) is 5.66. The number of hydrogen-bond donors (Lipinski definition) is 1. The van der Waals surface area contributed by atoms with E-state index in [1.165, 1.54) is 11.3 Å². The third-order valence-electron chi connectivity index (χ3n) is 2.91. The van der Waals surface area contributed by atoms with Crippen molar-refractivity contribution in [2.45, 2.75) is 6.54 Å². The van der Waals surface area contributed by atoms with E-state index in [1.54, 1.807) is 22.9 Å². The molecule has 108 valence electrons. The number of carbonyl (C=O) groups is 1. The van der Waals surface area contributed by atoms with Crippen LogP contribution in [0.4, 0.5) is 5.82 Å². The molecule has 0 atom stereocenters. The molecule has 0 aliphatic carbocycles. The van der Waals surface area contributed by atoms with Gasteiger partial charge in [0.05, 0.1) is 23.4 Å². The Morgan fingerprint density at radius 3 is 3.14 bits per heavy atom. The summed E-state index contributed by atoms with van der Waals surface area (Å²) in [7, 11) is 1.92. The van der Waals surface area contributed by atoms with Gasteiger partial charge in [-0.25, -0.2) is 14.8 Å². The van der Waals surface area contributed by atoms with E-state index in [9.17, 15) is 4.79 Å². The Morgan fingerprint density at radius 1 is 1.57 bits per heavy atom. The molecule has 0 unspecified atom stereocenters. The van der Waals surface area contributed by atoms with Crippen LogP contribution in [0.5, 0.6) is 0 Å². The molecule has 21 heavy (non-hydrogen) atoms. The number of aliphatic carboxylic acids is 1. The van der Waals surface area contributed by atoms with Gasteiger partial charge in [-0.3, -0.25) is 4.40 Å². The molecule has 0 spiro atoms. The Hall–Kier alpha value is -2.19. The number of rotatable bonds is 5. The molecule has 3 rings (SSSR count). The fourth-order valence-electron chi connectivity index (χ4n) is 2.01. The van der Waals surface area contributed by atoms with Crippen LogP contribution in [0, 0.1) is 0 Å². The number of anilines is 1. The molecule has 3 aromatic heterocycles. The first-order valence-electron chi connectivity index (χ1n) is 6.10. The van der Waals surface area contributed by atoms with Crippen LogP contribution in [0.15, 0.2) is 28.5 Å². The number of aromatic nitrogens is 3. The largest absolute Gasteiger partial charge is 0.478 e. The quantitative estimate of drug-likeness (QED) is 0.732. The first kappa shape index (κ1) is 13.8. The topological polar surface area (TPSA) is 70.7 Å². The van der Waals surface area contributed by atoms with Crippen molar-refractivity contribution in [1.29, 1.82) is 0 Å². The monoisotopic (exact) mass is 320 g/mol. The van der Waals surface area contributed by atoms with Gasteiger partial charge in [-0.15, -0.1) is 22.7 Å². The van der Waals surface area contributed by atoms with Crippen molar-refractivity contribution < 1.29 is 9.90 Å². The molecule has 1 N–H and O–H groups in total. The number of carboxylic acids is 1. The summed E-state index contributed by atoms with van der Waals surface area (Å²) in [5.74, 6) is -0.236. The minimum atomic E-state index is -0.978. The first-order chi connectivity index (χ1) is 10.1. The van der Waals surface area contributed by atoms with E-state index in [2.05, 4.69) is 9.97 Å². The van der Waals surface area contributed by atoms with E-state index < -0.39 is 5.97 Å². The van der Waals surface area contributed by atoms with Crippen molar-refractivity contribution in [1.82, 2.24) is 14.4 Å². The molecule has 0 saturated carbocycles. The Balaban J connectivity index is 1.98. The summed E-state index contributed by atoms with van der Waals surface area (Å²) in [5.41, 5.74) is 3.51. The molecule has 0 radical (unpaired) electrons. The van der Waals surface area contributed by atoms with Gasteiger partial charge in [-0.05, 0) is 6.08 Å². The lowest BCUT2D eigenvalue weighted by Crippen LogP contribution is -2.18. The van der Waals surface area contributed by atoms with Gasteiger partial charge in [0.2, 0.25) is 0 Å².